The van der Waals surface area contributed by atoms with E-state index in [4.69, 9.17) is 16.3 Å². The highest BCUT2D eigenvalue weighted by Gasteiger charge is 2.03. The molecule has 0 aromatic heterocycles. The van der Waals surface area contributed by atoms with Gasteiger partial charge in [-0.25, -0.2) is 0 Å². The molecule has 0 bridgehead atoms. The number of ether oxygens (including phenoxy) is 1. The molecule has 2 nitrogen and oxygen atoms in total. The van der Waals surface area contributed by atoms with Crippen LogP contribution in [0.3, 0.4) is 0 Å². The van der Waals surface area contributed by atoms with Gasteiger partial charge in [-0.2, -0.15) is 0 Å². The highest BCUT2D eigenvalue weighted by atomic mass is 35.5. The van der Waals surface area contributed by atoms with Gasteiger partial charge in [0.05, 0.1) is 11.6 Å². The van der Waals surface area contributed by atoms with E-state index in [1.54, 1.807) is 12.1 Å². The lowest BCUT2D eigenvalue weighted by atomic mass is 10.2. The van der Waals surface area contributed by atoms with Crippen LogP contribution in [0.5, 0.6) is 5.75 Å². The lowest BCUT2D eigenvalue weighted by Crippen LogP contribution is -1.89. The quantitative estimate of drug-likeness (QED) is 0.757. The molecule has 0 saturated heterocycles. The van der Waals surface area contributed by atoms with E-state index in [0.29, 0.717) is 17.4 Å². The lowest BCUT2D eigenvalue weighted by Gasteiger charge is -2.07. The van der Waals surface area contributed by atoms with Gasteiger partial charge in [0.25, 0.3) is 0 Å². The molecule has 0 atom stereocenters. The van der Waals surface area contributed by atoms with Gasteiger partial charge >= 0.3 is 0 Å². The Morgan fingerprint density at radius 1 is 1.62 bits per heavy atom. The standard InChI is InChI=1S/C10H11ClO2/c1-3-13-7(2)8-4-5-9(11)10(12)6-8/h4-6,12H,2-3H2,1H3. The fourth-order valence-corrected chi connectivity index (χ4v) is 1.06. The van der Waals surface area contributed by atoms with Crippen molar-refractivity contribution in [2.24, 2.45) is 0 Å². The molecule has 0 radical (unpaired) electrons. The number of halogens is 1. The summed E-state index contributed by atoms with van der Waals surface area (Å²) < 4.78 is 5.17. The average molecular weight is 199 g/mol. The predicted octanol–water partition coefficient (Wildman–Crippen LogP) is 3.05. The zero-order chi connectivity index (χ0) is 9.84. The molecule has 3 heteroatoms. The summed E-state index contributed by atoms with van der Waals surface area (Å²) in [5.41, 5.74) is 0.740. The minimum absolute atomic E-state index is 0.0417. The number of rotatable bonds is 3. The molecular formula is C10H11ClO2. The van der Waals surface area contributed by atoms with Crippen LogP contribution in [0, 0.1) is 0 Å². The molecule has 0 fully saturated rings. The molecule has 0 aliphatic carbocycles. The normalized spacial score (nSPS) is 9.69. The number of phenolic OH excluding ortho intramolecular Hbond substituents is 1. The number of hydrogen-bond donors (Lipinski definition) is 1. The average Bonchev–Trinajstić information content (AvgIpc) is 2.10. The molecule has 70 valence electrons. The first-order valence-electron chi connectivity index (χ1n) is 3.95. The number of aromatic hydroxyl groups is 1. The second kappa shape index (κ2) is 4.19. The summed E-state index contributed by atoms with van der Waals surface area (Å²) in [6.07, 6.45) is 0. The molecule has 0 aliphatic heterocycles. The van der Waals surface area contributed by atoms with Crippen LogP contribution in [-0.2, 0) is 4.74 Å². The number of benzene rings is 1. The molecule has 0 saturated carbocycles. The molecule has 13 heavy (non-hydrogen) atoms. The van der Waals surface area contributed by atoms with E-state index >= 15 is 0 Å². The smallest absolute Gasteiger partial charge is 0.134 e. The molecule has 1 aromatic carbocycles. The zero-order valence-corrected chi connectivity index (χ0v) is 8.14. The first-order chi connectivity index (χ1) is 6.15. The maximum Gasteiger partial charge on any atom is 0.134 e. The summed E-state index contributed by atoms with van der Waals surface area (Å²) in [5, 5.41) is 9.62. The van der Waals surface area contributed by atoms with Crippen molar-refractivity contribution in [1.82, 2.24) is 0 Å². The van der Waals surface area contributed by atoms with Crippen LogP contribution in [0.2, 0.25) is 5.02 Å². The van der Waals surface area contributed by atoms with Crippen molar-refractivity contribution >= 4 is 17.4 Å². The number of phenols is 1. The SMILES string of the molecule is C=C(OCC)c1ccc(Cl)c(O)c1. The zero-order valence-electron chi connectivity index (χ0n) is 7.38. The van der Waals surface area contributed by atoms with Gasteiger partial charge in [0.1, 0.15) is 11.5 Å². The van der Waals surface area contributed by atoms with Gasteiger partial charge in [0, 0.05) is 5.56 Å². The third kappa shape index (κ3) is 2.39. The molecular weight excluding hydrogens is 188 g/mol. The van der Waals surface area contributed by atoms with E-state index in [1.165, 1.54) is 6.07 Å². The fraction of sp³-hybridized carbons (Fsp3) is 0.200. The summed E-state index contributed by atoms with van der Waals surface area (Å²) in [6, 6.07) is 4.89. The minimum atomic E-state index is 0.0417. The molecule has 0 aliphatic rings. The Kier molecular flexibility index (Phi) is 3.20. The Balaban J connectivity index is 2.90. The molecule has 1 rings (SSSR count). The van der Waals surface area contributed by atoms with Crippen molar-refractivity contribution < 1.29 is 9.84 Å². The van der Waals surface area contributed by atoms with Crippen LogP contribution in [0.25, 0.3) is 5.76 Å². The lowest BCUT2D eigenvalue weighted by molar-refractivity contribution is 0.299. The van der Waals surface area contributed by atoms with E-state index < -0.39 is 0 Å². The van der Waals surface area contributed by atoms with Crippen LogP contribution < -0.4 is 0 Å². The Morgan fingerprint density at radius 3 is 2.85 bits per heavy atom. The largest absolute Gasteiger partial charge is 0.506 e. The van der Waals surface area contributed by atoms with E-state index in [0.717, 1.165) is 5.56 Å². The third-order valence-corrected chi connectivity index (χ3v) is 1.91. The van der Waals surface area contributed by atoms with Crippen molar-refractivity contribution in [3.8, 4) is 5.75 Å². The van der Waals surface area contributed by atoms with Crippen LogP contribution in [0.4, 0.5) is 0 Å². The Morgan fingerprint density at radius 2 is 2.31 bits per heavy atom. The van der Waals surface area contributed by atoms with Crippen molar-refractivity contribution in [3.63, 3.8) is 0 Å². The van der Waals surface area contributed by atoms with E-state index in [2.05, 4.69) is 6.58 Å². The maximum atomic E-state index is 9.29. The molecule has 1 aromatic rings. The van der Waals surface area contributed by atoms with E-state index in [1.807, 2.05) is 6.92 Å². The topological polar surface area (TPSA) is 29.5 Å². The van der Waals surface area contributed by atoms with Crippen molar-refractivity contribution in [3.05, 3.63) is 35.4 Å². The first kappa shape index (κ1) is 9.93. The van der Waals surface area contributed by atoms with Gasteiger partial charge < -0.3 is 9.84 Å². The predicted molar refractivity (Wildman–Crippen MR) is 53.8 cm³/mol. The molecule has 0 heterocycles. The molecule has 0 unspecified atom stereocenters. The van der Waals surface area contributed by atoms with Gasteiger partial charge in [-0.1, -0.05) is 18.2 Å². The molecule has 0 spiro atoms. The van der Waals surface area contributed by atoms with Gasteiger partial charge in [0.2, 0.25) is 0 Å². The second-order valence-corrected chi connectivity index (χ2v) is 2.93. The summed E-state index contributed by atoms with van der Waals surface area (Å²) in [7, 11) is 0. The van der Waals surface area contributed by atoms with E-state index in [-0.39, 0.29) is 5.75 Å². The van der Waals surface area contributed by atoms with Crippen LogP contribution in [0.15, 0.2) is 24.8 Å². The van der Waals surface area contributed by atoms with Gasteiger partial charge in [-0.3, -0.25) is 0 Å². The van der Waals surface area contributed by atoms with Gasteiger partial charge in [0.15, 0.2) is 0 Å². The highest BCUT2D eigenvalue weighted by molar-refractivity contribution is 6.32. The Bertz CT molecular complexity index is 321. The van der Waals surface area contributed by atoms with E-state index in [9.17, 15) is 5.11 Å². The highest BCUT2D eigenvalue weighted by Crippen LogP contribution is 2.26. The van der Waals surface area contributed by atoms with Crippen LogP contribution >= 0.6 is 11.6 Å². The fourth-order valence-electron chi connectivity index (χ4n) is 0.944. The Labute approximate surface area is 82.4 Å². The molecule has 1 N–H and O–H groups in total. The summed E-state index contributed by atoms with van der Waals surface area (Å²) >= 11 is 5.64. The first-order valence-corrected chi connectivity index (χ1v) is 4.33. The summed E-state index contributed by atoms with van der Waals surface area (Å²) in [6.45, 7) is 6.14. The summed E-state index contributed by atoms with van der Waals surface area (Å²) in [5.74, 6) is 0.578. The second-order valence-electron chi connectivity index (χ2n) is 2.52. The Hall–Kier alpha value is -1.15. The monoisotopic (exact) mass is 198 g/mol. The van der Waals surface area contributed by atoms with Crippen molar-refractivity contribution in [1.29, 1.82) is 0 Å². The summed E-state index contributed by atoms with van der Waals surface area (Å²) in [4.78, 5) is 0. The molecule has 0 amide bonds. The minimum Gasteiger partial charge on any atom is -0.506 e. The van der Waals surface area contributed by atoms with Crippen LogP contribution in [0.1, 0.15) is 12.5 Å². The van der Waals surface area contributed by atoms with Crippen molar-refractivity contribution in [2.45, 2.75) is 6.92 Å². The van der Waals surface area contributed by atoms with Gasteiger partial charge in [-0.05, 0) is 25.1 Å². The van der Waals surface area contributed by atoms with Crippen LogP contribution in [-0.4, -0.2) is 11.7 Å². The van der Waals surface area contributed by atoms with Crippen molar-refractivity contribution in [2.75, 3.05) is 6.61 Å². The third-order valence-electron chi connectivity index (χ3n) is 1.59. The number of hydrogen-bond acceptors (Lipinski definition) is 2. The maximum absolute atomic E-state index is 9.29. The van der Waals surface area contributed by atoms with Gasteiger partial charge in [-0.15, -0.1) is 0 Å².